The molecule has 0 amide bonds. The van der Waals surface area contributed by atoms with Crippen LogP contribution in [0.4, 0.5) is 0 Å². The van der Waals surface area contributed by atoms with Crippen LogP contribution < -0.4 is 0 Å². The summed E-state index contributed by atoms with van der Waals surface area (Å²) < 4.78 is 27.6. The van der Waals surface area contributed by atoms with Crippen LogP contribution in [0, 0.1) is 0 Å². The quantitative estimate of drug-likeness (QED) is 0.278. The molecule has 0 spiro atoms. The molecule has 25 heavy (non-hydrogen) atoms. The van der Waals surface area contributed by atoms with Crippen LogP contribution >= 0.6 is 0 Å². The van der Waals surface area contributed by atoms with Crippen molar-refractivity contribution in [3.05, 3.63) is 0 Å². The van der Waals surface area contributed by atoms with Crippen molar-refractivity contribution in [1.82, 2.24) is 0 Å². The first-order chi connectivity index (χ1) is 11.3. The predicted octanol–water partition coefficient (Wildman–Crippen LogP) is 2.81. The second-order valence-electron chi connectivity index (χ2n) is 7.83. The molecule has 0 N–H and O–H groups in total. The Hall–Kier alpha value is -0.529. The molecule has 0 fully saturated rings. The van der Waals surface area contributed by atoms with Gasteiger partial charge in [-0.2, -0.15) is 0 Å². The molecule has 0 saturated heterocycles. The molecule has 0 aromatic heterocycles. The minimum atomic E-state index is -2.17. The zero-order valence-corrected chi connectivity index (χ0v) is 19.9. The third-order valence-corrected chi connectivity index (χ3v) is 12.3. The second kappa shape index (κ2) is 10.6. The van der Waals surface area contributed by atoms with Crippen molar-refractivity contribution in [2.75, 3.05) is 26.6 Å². The summed E-state index contributed by atoms with van der Waals surface area (Å²) in [5.74, 6) is -0.857. The van der Waals surface area contributed by atoms with E-state index >= 15 is 0 Å². The van der Waals surface area contributed by atoms with Gasteiger partial charge in [0.1, 0.15) is 6.61 Å². The predicted molar refractivity (Wildman–Crippen MR) is 104 cm³/mol. The first-order valence-electron chi connectivity index (χ1n) is 8.47. The molecule has 0 saturated carbocycles. The van der Waals surface area contributed by atoms with Gasteiger partial charge in [-0.15, -0.1) is 0 Å². The third-order valence-electron chi connectivity index (χ3n) is 2.78. The first-order valence-corrected chi connectivity index (χ1v) is 17.8. The molecule has 0 aromatic rings. The highest BCUT2D eigenvalue weighted by molar-refractivity contribution is 6.87. The number of ether oxygens (including phenoxy) is 3. The maximum absolute atomic E-state index is 11.4. The van der Waals surface area contributed by atoms with Crippen molar-refractivity contribution >= 4 is 37.1 Å². The summed E-state index contributed by atoms with van der Waals surface area (Å²) in [4.78, 5) is 22.4. The molecule has 0 bridgehead atoms. The fourth-order valence-corrected chi connectivity index (χ4v) is 15.0. The van der Waals surface area contributed by atoms with Crippen LogP contribution in [0.3, 0.4) is 0 Å². The monoisotopic (exact) mass is 410 g/mol. The molecule has 0 atom stereocenters. The highest BCUT2D eigenvalue weighted by Gasteiger charge is 2.38. The minimum absolute atomic E-state index is 0.0177. The number of hydrogen-bond acceptors (Lipinski definition) is 7. The Bertz CT molecular complexity index is 433. The van der Waals surface area contributed by atoms with E-state index in [-0.39, 0.29) is 19.4 Å². The van der Waals surface area contributed by atoms with Gasteiger partial charge in [0.25, 0.3) is 0 Å². The van der Waals surface area contributed by atoms with Gasteiger partial charge in [-0.25, -0.2) is 0 Å². The number of rotatable bonds is 12. The van der Waals surface area contributed by atoms with Crippen LogP contribution in [0.5, 0.6) is 0 Å². The maximum atomic E-state index is 11.4. The van der Waals surface area contributed by atoms with E-state index in [4.69, 9.17) is 17.7 Å². The van der Waals surface area contributed by atoms with E-state index in [1.165, 1.54) is 7.11 Å². The van der Waals surface area contributed by atoms with Crippen molar-refractivity contribution in [1.29, 1.82) is 0 Å². The largest absolute Gasteiger partial charge is 0.469 e. The van der Waals surface area contributed by atoms with Crippen LogP contribution in [0.1, 0.15) is 12.8 Å². The molecule has 0 heterocycles. The van der Waals surface area contributed by atoms with Gasteiger partial charge in [0, 0.05) is 0 Å². The van der Waals surface area contributed by atoms with Gasteiger partial charge in [0.05, 0.1) is 32.8 Å². The Morgan fingerprint density at radius 3 is 1.88 bits per heavy atom. The van der Waals surface area contributed by atoms with Crippen molar-refractivity contribution in [3.8, 4) is 0 Å². The molecule has 0 unspecified atom stereocenters. The Morgan fingerprint density at radius 2 is 1.36 bits per heavy atom. The lowest BCUT2D eigenvalue weighted by molar-refractivity contribution is -0.149. The Morgan fingerprint density at radius 1 is 0.800 bits per heavy atom. The number of methoxy groups -OCH3 is 1. The van der Waals surface area contributed by atoms with Crippen LogP contribution in [0.2, 0.25) is 45.8 Å². The fraction of sp³-hybridized carbons (Fsp3) is 0.867. The Labute approximate surface area is 154 Å². The van der Waals surface area contributed by atoms with Crippen LogP contribution in [0.15, 0.2) is 0 Å². The molecule has 7 nitrogen and oxygen atoms in total. The molecule has 0 aromatic carbocycles. The zero-order valence-electron chi connectivity index (χ0n) is 16.9. The lowest BCUT2D eigenvalue weighted by atomic mass is 10.3. The summed E-state index contributed by atoms with van der Waals surface area (Å²) in [6.45, 7) is 15.3. The van der Waals surface area contributed by atoms with Gasteiger partial charge in [-0.3, -0.25) is 9.59 Å². The van der Waals surface area contributed by atoms with Gasteiger partial charge in [0.15, 0.2) is 8.32 Å². The molecule has 0 aliphatic carbocycles. The maximum Gasteiger partial charge on any atom is 0.311 e. The van der Waals surface area contributed by atoms with E-state index in [2.05, 4.69) is 50.6 Å². The van der Waals surface area contributed by atoms with E-state index in [1.807, 2.05) is 0 Å². The van der Waals surface area contributed by atoms with E-state index < -0.39 is 37.1 Å². The Balaban J connectivity index is 4.03. The van der Waals surface area contributed by atoms with Crippen molar-refractivity contribution in [3.63, 3.8) is 0 Å². The number of hydrogen-bond donors (Lipinski definition) is 0. The first kappa shape index (κ1) is 24.5. The summed E-state index contributed by atoms with van der Waals surface area (Å²) in [5.41, 5.74) is 0. The highest BCUT2D eigenvalue weighted by Crippen LogP contribution is 2.20. The van der Waals surface area contributed by atoms with Gasteiger partial charge < -0.3 is 22.4 Å². The summed E-state index contributed by atoms with van der Waals surface area (Å²) >= 11 is 0. The number of carbonyl (C=O) groups excluding carboxylic acids is 2. The van der Waals surface area contributed by atoms with E-state index in [1.54, 1.807) is 0 Å². The molecular weight excluding hydrogens is 376 g/mol. The summed E-state index contributed by atoms with van der Waals surface area (Å²) in [6, 6.07) is 0. The second-order valence-corrected chi connectivity index (χ2v) is 20.3. The van der Waals surface area contributed by atoms with Gasteiger partial charge in [0.2, 0.25) is 8.32 Å². The highest BCUT2D eigenvalue weighted by atomic mass is 28.5. The molecule has 0 aliphatic rings. The van der Waals surface area contributed by atoms with E-state index in [0.717, 1.165) is 0 Å². The average molecular weight is 411 g/mol. The lowest BCUT2D eigenvalue weighted by Gasteiger charge is -2.37. The van der Waals surface area contributed by atoms with Gasteiger partial charge in [-0.1, -0.05) is 0 Å². The molecule has 0 radical (unpaired) electrons. The van der Waals surface area contributed by atoms with Crippen LogP contribution in [0.25, 0.3) is 0 Å². The summed E-state index contributed by atoms with van der Waals surface area (Å²) in [7, 11) is -4.54. The number of carbonyl (C=O) groups is 2. The van der Waals surface area contributed by atoms with Gasteiger partial charge >= 0.3 is 20.5 Å². The van der Waals surface area contributed by atoms with Crippen LogP contribution in [-0.4, -0.2) is 63.7 Å². The zero-order chi connectivity index (χ0) is 19.7. The molecule has 0 rings (SSSR count). The Kier molecular flexibility index (Phi) is 10.4. The van der Waals surface area contributed by atoms with E-state index in [9.17, 15) is 9.59 Å². The van der Waals surface area contributed by atoms with Crippen LogP contribution in [-0.2, 0) is 32.0 Å². The summed E-state index contributed by atoms with van der Waals surface area (Å²) in [6.07, 6.45) is 0.558. The minimum Gasteiger partial charge on any atom is -0.469 e. The normalized spacial score (nSPS) is 12.8. The summed E-state index contributed by atoms with van der Waals surface area (Å²) in [5, 5.41) is 0. The van der Waals surface area contributed by atoms with E-state index in [0.29, 0.717) is 12.8 Å². The van der Waals surface area contributed by atoms with Crippen molar-refractivity contribution in [2.24, 2.45) is 0 Å². The van der Waals surface area contributed by atoms with Crippen molar-refractivity contribution < 1.29 is 32.0 Å². The third kappa shape index (κ3) is 14.3. The van der Waals surface area contributed by atoms with Crippen molar-refractivity contribution in [2.45, 2.75) is 58.7 Å². The fourth-order valence-electron chi connectivity index (χ4n) is 2.36. The standard InChI is InChI=1S/C15H34O7Si3/c1-18-14(16)9-10-15(17)20-12-11-19-13-24(5,6)22-25(7,8)21-23(2,3)4/h9-13H2,1-8H3. The molecule has 0 aliphatic heterocycles. The SMILES string of the molecule is COC(=O)CCC(=O)OCCOC[Si](C)(C)O[Si](C)(C)O[Si](C)(C)C. The van der Waals surface area contributed by atoms with Gasteiger partial charge in [-0.05, 0) is 45.8 Å². The molecule has 148 valence electrons. The average Bonchev–Trinajstić information content (AvgIpc) is 2.40. The topological polar surface area (TPSA) is 80.3 Å². The number of esters is 2. The molecular formula is C15H34O7Si3. The lowest BCUT2D eigenvalue weighted by Crippen LogP contribution is -2.53. The molecule has 10 heteroatoms. The smallest absolute Gasteiger partial charge is 0.311 e.